The van der Waals surface area contributed by atoms with E-state index in [2.05, 4.69) is 226 Å². The van der Waals surface area contributed by atoms with Gasteiger partial charge in [0.15, 0.2) is 0 Å². The summed E-state index contributed by atoms with van der Waals surface area (Å²) in [6, 6.07) is 77.5. The summed E-state index contributed by atoms with van der Waals surface area (Å²) in [5, 5.41) is 7.48. The molecule has 0 saturated heterocycles. The molecule has 12 rings (SSSR count). The molecule has 0 atom stereocenters. The van der Waals surface area contributed by atoms with E-state index in [1.807, 2.05) is 0 Å². The van der Waals surface area contributed by atoms with Crippen molar-refractivity contribution in [2.24, 2.45) is 0 Å². The number of aromatic nitrogens is 3. The first-order valence-corrected chi connectivity index (χ1v) is 19.6. The first-order valence-electron chi connectivity index (χ1n) is 19.6. The third-order valence-electron chi connectivity index (χ3n) is 11.8. The maximum atomic E-state index is 2.45. The van der Waals surface area contributed by atoms with Crippen molar-refractivity contribution >= 4 is 65.4 Å². The van der Waals surface area contributed by atoms with Crippen LogP contribution in [0.1, 0.15) is 0 Å². The number of hydrogen-bond donors (Lipinski definition) is 0. The fourth-order valence-corrected chi connectivity index (χ4v) is 9.27. The molecule has 0 aliphatic rings. The van der Waals surface area contributed by atoms with Gasteiger partial charge in [-0.1, -0.05) is 140 Å². The van der Waals surface area contributed by atoms with Crippen LogP contribution in [0.15, 0.2) is 212 Å². The van der Waals surface area contributed by atoms with Crippen LogP contribution in [0.5, 0.6) is 0 Å². The van der Waals surface area contributed by atoms with E-state index in [9.17, 15) is 0 Å². The Morgan fingerprint density at radius 1 is 0.193 bits per heavy atom. The predicted molar refractivity (Wildman–Crippen MR) is 240 cm³/mol. The molecular formula is C54H35N3. The van der Waals surface area contributed by atoms with Crippen LogP contribution in [-0.4, -0.2) is 13.7 Å². The average molecular weight is 726 g/mol. The summed E-state index contributed by atoms with van der Waals surface area (Å²) in [7, 11) is 0. The van der Waals surface area contributed by atoms with E-state index in [1.54, 1.807) is 0 Å². The molecule has 0 spiro atoms. The maximum absolute atomic E-state index is 2.45. The van der Waals surface area contributed by atoms with E-state index in [4.69, 9.17) is 0 Å². The number of rotatable bonds is 5. The smallest absolute Gasteiger partial charge is 0.0547 e. The second kappa shape index (κ2) is 12.5. The van der Waals surface area contributed by atoms with Gasteiger partial charge in [0, 0.05) is 49.4 Å². The highest BCUT2D eigenvalue weighted by Gasteiger charge is 2.18. The molecule has 0 aliphatic carbocycles. The molecule has 3 heterocycles. The van der Waals surface area contributed by atoms with E-state index in [0.29, 0.717) is 0 Å². The zero-order chi connectivity index (χ0) is 37.5. The predicted octanol–water partition coefficient (Wildman–Crippen LogP) is 14.3. The summed E-state index contributed by atoms with van der Waals surface area (Å²) in [5.74, 6) is 0. The van der Waals surface area contributed by atoms with E-state index >= 15 is 0 Å². The molecule has 12 aromatic rings. The van der Waals surface area contributed by atoms with E-state index in [-0.39, 0.29) is 0 Å². The van der Waals surface area contributed by atoms with Gasteiger partial charge in [-0.05, 0) is 95.1 Å². The van der Waals surface area contributed by atoms with Gasteiger partial charge in [0.2, 0.25) is 0 Å². The standard InChI is InChI=1S/C54H35N3/c1-3-14-36(15-4-1)37-16-13-19-41(32-37)56-49-23-10-7-20-43(49)46-29-26-38(33-53(46)56)39-27-30-47-44-21-8-11-24-50(44)57(54(47)34-39)42-28-31-52-48(35-42)45-22-9-12-25-51(45)55(52)40-17-5-2-6-18-40/h1-35H. The Labute approximate surface area is 329 Å². The minimum Gasteiger partial charge on any atom is -0.309 e. The minimum atomic E-state index is 1.15. The van der Waals surface area contributed by atoms with Gasteiger partial charge < -0.3 is 13.7 Å². The molecule has 3 nitrogen and oxygen atoms in total. The van der Waals surface area contributed by atoms with Crippen LogP contribution in [0.4, 0.5) is 0 Å². The molecule has 9 aromatic carbocycles. The topological polar surface area (TPSA) is 14.8 Å². The van der Waals surface area contributed by atoms with Gasteiger partial charge in [-0.25, -0.2) is 0 Å². The van der Waals surface area contributed by atoms with E-state index in [1.165, 1.54) is 87.7 Å². The van der Waals surface area contributed by atoms with Crippen LogP contribution < -0.4 is 0 Å². The summed E-state index contributed by atoms with van der Waals surface area (Å²) >= 11 is 0. The quantitative estimate of drug-likeness (QED) is 0.168. The molecule has 0 amide bonds. The third-order valence-corrected chi connectivity index (χ3v) is 11.8. The number of hydrogen-bond acceptors (Lipinski definition) is 0. The minimum absolute atomic E-state index is 1.15. The molecule has 3 heteroatoms. The van der Waals surface area contributed by atoms with Gasteiger partial charge in [-0.3, -0.25) is 0 Å². The SMILES string of the molecule is c1ccc(-c2cccc(-n3c4ccccc4c4ccc(-c5ccc6c7ccccc7n(-c7ccc8c(c7)c7ccccc7n8-c7ccccc7)c6c5)cc43)c2)cc1. The molecule has 266 valence electrons. The maximum Gasteiger partial charge on any atom is 0.0547 e. The van der Waals surface area contributed by atoms with Crippen LogP contribution in [-0.2, 0) is 0 Å². The lowest BCUT2D eigenvalue weighted by molar-refractivity contribution is 1.16. The van der Waals surface area contributed by atoms with Crippen molar-refractivity contribution in [2.75, 3.05) is 0 Å². The van der Waals surface area contributed by atoms with Crippen molar-refractivity contribution in [1.29, 1.82) is 0 Å². The van der Waals surface area contributed by atoms with E-state index in [0.717, 1.165) is 17.1 Å². The Hall–Kier alpha value is -7.62. The molecule has 0 unspecified atom stereocenters. The monoisotopic (exact) mass is 725 g/mol. The number of nitrogens with zero attached hydrogens (tertiary/aromatic N) is 3. The lowest BCUT2D eigenvalue weighted by Crippen LogP contribution is -1.96. The second-order valence-corrected chi connectivity index (χ2v) is 15.0. The first kappa shape index (κ1) is 31.7. The van der Waals surface area contributed by atoms with Crippen molar-refractivity contribution in [3.8, 4) is 39.3 Å². The zero-order valence-electron chi connectivity index (χ0n) is 31.0. The van der Waals surface area contributed by atoms with E-state index < -0.39 is 0 Å². The normalized spacial score (nSPS) is 11.9. The summed E-state index contributed by atoms with van der Waals surface area (Å²) in [4.78, 5) is 0. The highest BCUT2D eigenvalue weighted by atomic mass is 15.0. The van der Waals surface area contributed by atoms with Gasteiger partial charge in [0.25, 0.3) is 0 Å². The highest BCUT2D eigenvalue weighted by molar-refractivity contribution is 6.14. The van der Waals surface area contributed by atoms with Crippen molar-refractivity contribution in [3.63, 3.8) is 0 Å². The van der Waals surface area contributed by atoms with Crippen molar-refractivity contribution in [1.82, 2.24) is 13.7 Å². The Balaban J connectivity index is 1.06. The van der Waals surface area contributed by atoms with Gasteiger partial charge in [-0.15, -0.1) is 0 Å². The molecule has 0 aliphatic heterocycles. The summed E-state index contributed by atoms with van der Waals surface area (Å²) < 4.78 is 7.26. The summed E-state index contributed by atoms with van der Waals surface area (Å²) in [6.07, 6.45) is 0. The van der Waals surface area contributed by atoms with Crippen molar-refractivity contribution in [3.05, 3.63) is 212 Å². The van der Waals surface area contributed by atoms with Crippen molar-refractivity contribution < 1.29 is 0 Å². The third kappa shape index (κ3) is 4.86. The zero-order valence-corrected chi connectivity index (χ0v) is 31.0. The Morgan fingerprint density at radius 2 is 0.596 bits per heavy atom. The Morgan fingerprint density at radius 3 is 1.19 bits per heavy atom. The van der Waals surface area contributed by atoms with Crippen LogP contribution in [0.25, 0.3) is 105 Å². The molecule has 0 saturated carbocycles. The van der Waals surface area contributed by atoms with Crippen LogP contribution in [0.2, 0.25) is 0 Å². The highest BCUT2D eigenvalue weighted by Crippen LogP contribution is 2.40. The molecule has 0 fully saturated rings. The van der Waals surface area contributed by atoms with Gasteiger partial charge >= 0.3 is 0 Å². The molecule has 57 heavy (non-hydrogen) atoms. The molecule has 0 N–H and O–H groups in total. The fourth-order valence-electron chi connectivity index (χ4n) is 9.27. The van der Waals surface area contributed by atoms with Crippen LogP contribution in [0, 0.1) is 0 Å². The first-order chi connectivity index (χ1) is 28.3. The Bertz CT molecular complexity index is 3510. The molecule has 3 aromatic heterocycles. The Kier molecular flexibility index (Phi) is 6.93. The van der Waals surface area contributed by atoms with Crippen LogP contribution >= 0.6 is 0 Å². The summed E-state index contributed by atoms with van der Waals surface area (Å²) in [6.45, 7) is 0. The second-order valence-electron chi connectivity index (χ2n) is 15.0. The lowest BCUT2D eigenvalue weighted by Gasteiger charge is -2.12. The molecule has 0 bridgehead atoms. The largest absolute Gasteiger partial charge is 0.309 e. The molecule has 0 radical (unpaired) electrons. The van der Waals surface area contributed by atoms with Gasteiger partial charge in [0.05, 0.1) is 33.1 Å². The number of para-hydroxylation sites is 4. The average Bonchev–Trinajstić information content (AvgIpc) is 3.92. The fraction of sp³-hybridized carbons (Fsp3) is 0. The van der Waals surface area contributed by atoms with Crippen molar-refractivity contribution in [2.45, 2.75) is 0 Å². The lowest BCUT2D eigenvalue weighted by atomic mass is 10.0. The summed E-state index contributed by atoms with van der Waals surface area (Å²) in [5.41, 5.74) is 15.5. The number of fused-ring (bicyclic) bond motifs is 9. The van der Waals surface area contributed by atoms with Gasteiger partial charge in [-0.2, -0.15) is 0 Å². The van der Waals surface area contributed by atoms with Gasteiger partial charge in [0.1, 0.15) is 0 Å². The van der Waals surface area contributed by atoms with Crippen LogP contribution in [0.3, 0.4) is 0 Å². The molecular weight excluding hydrogens is 691 g/mol. The number of benzene rings is 9.